The molecule has 1 aromatic rings. The Kier molecular flexibility index (Phi) is 5.18. The van der Waals surface area contributed by atoms with Gasteiger partial charge in [0.1, 0.15) is 0 Å². The van der Waals surface area contributed by atoms with Crippen LogP contribution in [0.25, 0.3) is 0 Å². The maximum absolute atomic E-state index is 12.6. The summed E-state index contributed by atoms with van der Waals surface area (Å²) >= 11 is 0. The van der Waals surface area contributed by atoms with Gasteiger partial charge in [0.15, 0.2) is 0 Å². The minimum absolute atomic E-state index is 0.198. The Labute approximate surface area is 122 Å². The van der Waals surface area contributed by atoms with Crippen molar-refractivity contribution in [1.29, 1.82) is 0 Å². The van der Waals surface area contributed by atoms with Gasteiger partial charge in [0.05, 0.1) is 0 Å². The molecule has 0 saturated heterocycles. The fourth-order valence-corrected chi connectivity index (χ4v) is 3.12. The minimum atomic E-state index is 0.198. The molecule has 3 heteroatoms. The van der Waals surface area contributed by atoms with Crippen molar-refractivity contribution in [2.45, 2.75) is 52.0 Å². The molecule has 20 heavy (non-hydrogen) atoms. The van der Waals surface area contributed by atoms with Crippen molar-refractivity contribution in [3.05, 3.63) is 29.8 Å². The van der Waals surface area contributed by atoms with Crippen molar-refractivity contribution >= 4 is 11.6 Å². The molecule has 0 heterocycles. The Morgan fingerprint density at radius 1 is 1.35 bits per heavy atom. The van der Waals surface area contributed by atoms with Gasteiger partial charge in [0, 0.05) is 24.7 Å². The fourth-order valence-electron chi connectivity index (χ4n) is 3.12. The summed E-state index contributed by atoms with van der Waals surface area (Å²) in [5.74, 6) is 0.565. The van der Waals surface area contributed by atoms with E-state index in [9.17, 15) is 4.79 Å². The molecular formula is C17H26N2O. The van der Waals surface area contributed by atoms with Crippen molar-refractivity contribution in [3.8, 4) is 0 Å². The normalized spacial score (nSPS) is 22.6. The molecule has 1 saturated carbocycles. The summed E-state index contributed by atoms with van der Waals surface area (Å²) in [6.45, 7) is 4.80. The summed E-state index contributed by atoms with van der Waals surface area (Å²) in [6, 6.07) is 8.34. The lowest BCUT2D eigenvalue weighted by Gasteiger charge is -2.30. The molecule has 2 atom stereocenters. The number of carbonyl (C=O) groups is 1. The quantitative estimate of drug-likeness (QED) is 0.916. The van der Waals surface area contributed by atoms with E-state index in [4.69, 9.17) is 5.73 Å². The zero-order valence-electron chi connectivity index (χ0n) is 12.6. The molecule has 1 aromatic carbocycles. The third kappa shape index (κ3) is 3.60. The Morgan fingerprint density at radius 2 is 2.10 bits per heavy atom. The number of amides is 1. The summed E-state index contributed by atoms with van der Waals surface area (Å²) in [4.78, 5) is 14.5. The van der Waals surface area contributed by atoms with E-state index in [2.05, 4.69) is 19.1 Å². The van der Waals surface area contributed by atoms with E-state index in [-0.39, 0.29) is 11.9 Å². The number of hydrogen-bond donors (Lipinski definition) is 1. The molecule has 3 nitrogen and oxygen atoms in total. The zero-order valence-corrected chi connectivity index (χ0v) is 12.6. The molecule has 110 valence electrons. The van der Waals surface area contributed by atoms with Crippen LogP contribution >= 0.6 is 0 Å². The first-order valence-corrected chi connectivity index (χ1v) is 7.74. The lowest BCUT2D eigenvalue weighted by Crippen LogP contribution is -2.39. The van der Waals surface area contributed by atoms with Gasteiger partial charge in [0.25, 0.3) is 0 Å². The number of hydrogen-bond acceptors (Lipinski definition) is 2. The predicted molar refractivity (Wildman–Crippen MR) is 83.8 cm³/mol. The second-order valence-corrected chi connectivity index (χ2v) is 5.89. The van der Waals surface area contributed by atoms with E-state index >= 15 is 0 Å². The Hall–Kier alpha value is -1.35. The lowest BCUT2D eigenvalue weighted by atomic mass is 9.82. The van der Waals surface area contributed by atoms with E-state index in [0.717, 1.165) is 18.5 Å². The smallest absolute Gasteiger partial charge is 0.227 e. The number of anilines is 1. The van der Waals surface area contributed by atoms with Gasteiger partial charge >= 0.3 is 0 Å². The Balaban J connectivity index is 2.05. The molecule has 0 bridgehead atoms. The fraction of sp³-hybridized carbons (Fsp3) is 0.588. The predicted octanol–water partition coefficient (Wildman–Crippen LogP) is 3.26. The van der Waals surface area contributed by atoms with Crippen LogP contribution in [0.3, 0.4) is 0 Å². The van der Waals surface area contributed by atoms with Gasteiger partial charge in [-0.15, -0.1) is 0 Å². The molecule has 1 amide bonds. The molecule has 0 aliphatic heterocycles. The van der Waals surface area contributed by atoms with Crippen LogP contribution in [0.15, 0.2) is 24.3 Å². The average molecular weight is 274 g/mol. The molecule has 0 spiro atoms. The molecule has 2 N–H and O–H groups in total. The monoisotopic (exact) mass is 274 g/mol. The highest BCUT2D eigenvalue weighted by Gasteiger charge is 2.26. The van der Waals surface area contributed by atoms with Gasteiger partial charge in [0.2, 0.25) is 5.91 Å². The maximum atomic E-state index is 12.6. The van der Waals surface area contributed by atoms with Crippen LogP contribution in [0.2, 0.25) is 0 Å². The molecule has 0 radical (unpaired) electrons. The number of nitrogens with zero attached hydrogens (tertiary/aromatic N) is 1. The van der Waals surface area contributed by atoms with E-state index in [0.29, 0.717) is 18.9 Å². The van der Waals surface area contributed by atoms with Crippen LogP contribution in [-0.2, 0) is 4.79 Å². The van der Waals surface area contributed by atoms with Crippen molar-refractivity contribution in [1.82, 2.24) is 0 Å². The first-order chi connectivity index (χ1) is 9.61. The molecule has 1 aliphatic rings. The van der Waals surface area contributed by atoms with Crippen LogP contribution in [-0.4, -0.2) is 18.5 Å². The molecule has 2 unspecified atom stereocenters. The van der Waals surface area contributed by atoms with Gasteiger partial charge in [-0.25, -0.2) is 0 Å². The second kappa shape index (κ2) is 6.89. The SMILES string of the molecule is CCN(C(=O)CC1CCCCC1N)c1cccc(C)c1. The standard InChI is InChI=1S/C17H26N2O/c1-3-19(15-9-6-7-13(2)11-15)17(20)12-14-8-4-5-10-16(14)18/h6-7,9,11,14,16H,3-5,8,10,12,18H2,1-2H3. The van der Waals surface area contributed by atoms with Gasteiger partial charge in [-0.05, 0) is 50.3 Å². The van der Waals surface area contributed by atoms with Gasteiger partial charge in [-0.1, -0.05) is 25.0 Å². The van der Waals surface area contributed by atoms with E-state index in [1.807, 2.05) is 24.0 Å². The third-order valence-corrected chi connectivity index (χ3v) is 4.34. The highest BCUT2D eigenvalue weighted by Crippen LogP contribution is 2.27. The number of carbonyl (C=O) groups excluding carboxylic acids is 1. The van der Waals surface area contributed by atoms with Crippen molar-refractivity contribution in [3.63, 3.8) is 0 Å². The lowest BCUT2D eigenvalue weighted by molar-refractivity contribution is -0.119. The van der Waals surface area contributed by atoms with Crippen molar-refractivity contribution in [2.75, 3.05) is 11.4 Å². The number of benzene rings is 1. The first kappa shape index (κ1) is 15.0. The summed E-state index contributed by atoms with van der Waals surface area (Å²) in [5, 5.41) is 0. The number of nitrogens with two attached hydrogens (primary N) is 1. The Morgan fingerprint density at radius 3 is 2.75 bits per heavy atom. The van der Waals surface area contributed by atoms with E-state index in [1.54, 1.807) is 0 Å². The second-order valence-electron chi connectivity index (χ2n) is 5.89. The van der Waals surface area contributed by atoms with Crippen LogP contribution in [0, 0.1) is 12.8 Å². The van der Waals surface area contributed by atoms with E-state index in [1.165, 1.54) is 18.4 Å². The van der Waals surface area contributed by atoms with Gasteiger partial charge in [-0.2, -0.15) is 0 Å². The third-order valence-electron chi connectivity index (χ3n) is 4.34. The number of rotatable bonds is 4. The molecular weight excluding hydrogens is 248 g/mol. The molecule has 2 rings (SSSR count). The summed E-state index contributed by atoms with van der Waals surface area (Å²) < 4.78 is 0. The zero-order chi connectivity index (χ0) is 14.5. The van der Waals surface area contributed by atoms with Crippen molar-refractivity contribution < 1.29 is 4.79 Å². The topological polar surface area (TPSA) is 46.3 Å². The molecule has 0 aromatic heterocycles. The van der Waals surface area contributed by atoms with Gasteiger partial charge in [-0.3, -0.25) is 4.79 Å². The highest BCUT2D eigenvalue weighted by atomic mass is 16.2. The number of aryl methyl sites for hydroxylation is 1. The summed E-state index contributed by atoms with van der Waals surface area (Å²) in [5.41, 5.74) is 8.35. The van der Waals surface area contributed by atoms with Crippen LogP contribution < -0.4 is 10.6 Å². The van der Waals surface area contributed by atoms with Crippen LogP contribution in [0.4, 0.5) is 5.69 Å². The summed E-state index contributed by atoms with van der Waals surface area (Å²) in [6.07, 6.45) is 5.17. The first-order valence-electron chi connectivity index (χ1n) is 7.74. The minimum Gasteiger partial charge on any atom is -0.327 e. The van der Waals surface area contributed by atoms with Crippen LogP contribution in [0.5, 0.6) is 0 Å². The van der Waals surface area contributed by atoms with Crippen LogP contribution in [0.1, 0.15) is 44.6 Å². The maximum Gasteiger partial charge on any atom is 0.227 e. The molecule has 1 aliphatic carbocycles. The molecule has 1 fully saturated rings. The Bertz CT molecular complexity index is 458. The highest BCUT2D eigenvalue weighted by molar-refractivity contribution is 5.93. The summed E-state index contributed by atoms with van der Waals surface area (Å²) in [7, 11) is 0. The average Bonchev–Trinajstić information content (AvgIpc) is 2.42. The van der Waals surface area contributed by atoms with Crippen molar-refractivity contribution in [2.24, 2.45) is 11.7 Å². The largest absolute Gasteiger partial charge is 0.327 e. The van der Waals surface area contributed by atoms with E-state index < -0.39 is 0 Å². The van der Waals surface area contributed by atoms with Gasteiger partial charge < -0.3 is 10.6 Å².